The molecule has 0 aliphatic rings. The van der Waals surface area contributed by atoms with E-state index in [1.54, 1.807) is 20.8 Å². The first-order valence-corrected chi connectivity index (χ1v) is 11.6. The van der Waals surface area contributed by atoms with E-state index in [0.717, 1.165) is 24.3 Å². The van der Waals surface area contributed by atoms with Crippen molar-refractivity contribution in [1.82, 2.24) is 10.0 Å². The summed E-state index contributed by atoms with van der Waals surface area (Å²) in [6.45, 7) is 4.77. The van der Waals surface area contributed by atoms with Gasteiger partial charge in [-0.15, -0.1) is 13.2 Å². The van der Waals surface area contributed by atoms with Crippen LogP contribution in [-0.2, 0) is 14.8 Å². The summed E-state index contributed by atoms with van der Waals surface area (Å²) < 4.78 is 74.0. The summed E-state index contributed by atoms with van der Waals surface area (Å²) >= 11 is 12.0. The van der Waals surface area contributed by atoms with Crippen LogP contribution in [0.5, 0.6) is 5.75 Å². The van der Waals surface area contributed by atoms with E-state index in [-0.39, 0.29) is 21.5 Å². The molecule has 7 nitrogen and oxygen atoms in total. The maximum Gasteiger partial charge on any atom is 0.573 e. The molecule has 2 aromatic carbocycles. The number of ether oxygens (including phenoxy) is 2. The lowest BCUT2D eigenvalue weighted by Gasteiger charge is -2.23. The number of carbonyl (C=O) groups is 1. The molecule has 2 N–H and O–H groups in total. The van der Waals surface area contributed by atoms with Crippen LogP contribution in [0.3, 0.4) is 0 Å². The van der Waals surface area contributed by atoms with Gasteiger partial charge in [-0.05, 0) is 62.7 Å². The Labute approximate surface area is 199 Å². The van der Waals surface area contributed by atoms with Crippen molar-refractivity contribution < 1.29 is 35.9 Å². The lowest BCUT2D eigenvalue weighted by molar-refractivity contribution is -0.274. The molecule has 0 aliphatic carbocycles. The number of nitrogens with one attached hydrogen (secondary N) is 2. The van der Waals surface area contributed by atoms with E-state index in [1.165, 1.54) is 18.2 Å². The van der Waals surface area contributed by atoms with Crippen molar-refractivity contribution in [2.45, 2.75) is 43.7 Å². The number of alkyl halides is 3. The van der Waals surface area contributed by atoms with Crippen LogP contribution in [0.2, 0.25) is 10.0 Å². The first-order chi connectivity index (χ1) is 15.1. The third-order valence-electron chi connectivity index (χ3n) is 3.86. The second-order valence-corrected chi connectivity index (χ2v) is 10.3. The van der Waals surface area contributed by atoms with Gasteiger partial charge in [0.2, 0.25) is 10.0 Å². The second-order valence-electron chi connectivity index (χ2n) is 7.75. The molecule has 1 amide bonds. The van der Waals surface area contributed by atoms with E-state index in [0.29, 0.717) is 5.56 Å². The Hall–Kier alpha value is -2.21. The van der Waals surface area contributed by atoms with Crippen molar-refractivity contribution in [3.8, 4) is 5.75 Å². The number of sulfonamides is 1. The highest BCUT2D eigenvalue weighted by molar-refractivity contribution is 7.89. The largest absolute Gasteiger partial charge is 0.573 e. The van der Waals surface area contributed by atoms with Gasteiger partial charge >= 0.3 is 12.5 Å². The maximum atomic E-state index is 12.9. The smallest absolute Gasteiger partial charge is 0.444 e. The topological polar surface area (TPSA) is 93.7 Å². The molecule has 0 saturated carbocycles. The molecule has 0 unspecified atom stereocenters. The van der Waals surface area contributed by atoms with Gasteiger partial charge in [0.15, 0.2) is 0 Å². The predicted molar refractivity (Wildman–Crippen MR) is 117 cm³/mol. The Morgan fingerprint density at radius 1 is 1.03 bits per heavy atom. The molecule has 0 radical (unpaired) electrons. The fourth-order valence-corrected chi connectivity index (χ4v) is 4.06. The minimum absolute atomic E-state index is 0.157. The zero-order chi connectivity index (χ0) is 25.0. The first-order valence-electron chi connectivity index (χ1n) is 9.36. The molecular weight excluding hydrogens is 508 g/mol. The number of rotatable bonds is 7. The van der Waals surface area contributed by atoms with Crippen LogP contribution < -0.4 is 14.8 Å². The van der Waals surface area contributed by atoms with Gasteiger partial charge in [0.1, 0.15) is 11.4 Å². The molecule has 1 atom stereocenters. The van der Waals surface area contributed by atoms with Gasteiger partial charge in [-0.3, -0.25) is 0 Å². The van der Waals surface area contributed by atoms with E-state index < -0.39 is 39.9 Å². The number of benzene rings is 2. The van der Waals surface area contributed by atoms with E-state index in [9.17, 15) is 26.4 Å². The van der Waals surface area contributed by atoms with Crippen molar-refractivity contribution in [3.63, 3.8) is 0 Å². The average molecular weight is 529 g/mol. The molecule has 0 heterocycles. The zero-order valence-electron chi connectivity index (χ0n) is 17.7. The van der Waals surface area contributed by atoms with Gasteiger partial charge in [0, 0.05) is 6.54 Å². The monoisotopic (exact) mass is 528 g/mol. The van der Waals surface area contributed by atoms with Crippen molar-refractivity contribution in [1.29, 1.82) is 0 Å². The standard InChI is InChI=1S/C20H21Cl2F3N2O5S/c1-19(2,3)32-18(28)26-11-17(12-4-9-15(21)16(22)10-12)27-33(29,30)14-7-5-13(6-8-14)31-20(23,24)25/h4-10,17,27H,11H2,1-3H3,(H,26,28)/t17-/m1/s1. The SMILES string of the molecule is CC(C)(C)OC(=O)NC[C@@H](NS(=O)(=O)c1ccc(OC(F)(F)F)cc1)c1ccc(Cl)c(Cl)c1. The molecule has 0 aromatic heterocycles. The highest BCUT2D eigenvalue weighted by Gasteiger charge is 2.31. The lowest BCUT2D eigenvalue weighted by atomic mass is 10.1. The number of halogens is 5. The Morgan fingerprint density at radius 2 is 1.64 bits per heavy atom. The minimum Gasteiger partial charge on any atom is -0.444 e. The third kappa shape index (κ3) is 8.92. The maximum absolute atomic E-state index is 12.9. The van der Waals surface area contributed by atoms with Crippen LogP contribution in [-0.4, -0.2) is 33.0 Å². The predicted octanol–water partition coefficient (Wildman–Crippen LogP) is 5.44. The third-order valence-corrected chi connectivity index (χ3v) is 6.09. The van der Waals surface area contributed by atoms with Crippen LogP contribution in [0.1, 0.15) is 32.4 Å². The molecule has 0 aliphatic heterocycles. The van der Waals surface area contributed by atoms with Crippen molar-refractivity contribution in [2.24, 2.45) is 0 Å². The lowest BCUT2D eigenvalue weighted by Crippen LogP contribution is -2.40. The van der Waals surface area contributed by atoms with Crippen molar-refractivity contribution in [3.05, 3.63) is 58.1 Å². The number of hydrogen-bond acceptors (Lipinski definition) is 5. The quantitative estimate of drug-likeness (QED) is 0.499. The van der Waals surface area contributed by atoms with Crippen molar-refractivity contribution in [2.75, 3.05) is 6.54 Å². The highest BCUT2D eigenvalue weighted by Crippen LogP contribution is 2.28. The number of amides is 1. The molecule has 2 aromatic rings. The summed E-state index contributed by atoms with van der Waals surface area (Å²) in [5.41, 5.74) is -0.399. The van der Waals surface area contributed by atoms with Gasteiger partial charge in [-0.1, -0.05) is 29.3 Å². The van der Waals surface area contributed by atoms with Crippen LogP contribution in [0.4, 0.5) is 18.0 Å². The molecule has 2 rings (SSSR count). The van der Waals surface area contributed by atoms with Gasteiger partial charge < -0.3 is 14.8 Å². The molecule has 182 valence electrons. The summed E-state index contributed by atoms with van der Waals surface area (Å²) in [4.78, 5) is 11.7. The molecular formula is C20H21Cl2F3N2O5S. The summed E-state index contributed by atoms with van der Waals surface area (Å²) in [6.07, 6.45) is -5.69. The normalized spacial score (nSPS) is 13.3. The molecule has 0 bridgehead atoms. The molecule has 0 saturated heterocycles. The number of carbonyl (C=O) groups excluding carboxylic acids is 1. The molecule has 0 fully saturated rings. The Kier molecular flexibility index (Phi) is 8.50. The highest BCUT2D eigenvalue weighted by atomic mass is 35.5. The van der Waals surface area contributed by atoms with Gasteiger partial charge in [-0.25, -0.2) is 17.9 Å². The van der Waals surface area contributed by atoms with Gasteiger partial charge in [0.05, 0.1) is 21.0 Å². The summed E-state index contributed by atoms with van der Waals surface area (Å²) in [7, 11) is -4.23. The van der Waals surface area contributed by atoms with Crippen LogP contribution in [0.25, 0.3) is 0 Å². The van der Waals surface area contributed by atoms with E-state index in [1.807, 2.05) is 0 Å². The van der Waals surface area contributed by atoms with Gasteiger partial charge in [-0.2, -0.15) is 0 Å². The van der Waals surface area contributed by atoms with Crippen LogP contribution in [0, 0.1) is 0 Å². The Bertz CT molecular complexity index is 1090. The van der Waals surface area contributed by atoms with E-state index >= 15 is 0 Å². The Morgan fingerprint density at radius 3 is 2.15 bits per heavy atom. The van der Waals surface area contributed by atoms with Crippen molar-refractivity contribution >= 4 is 39.3 Å². The molecule has 33 heavy (non-hydrogen) atoms. The first kappa shape index (κ1) is 27.0. The van der Waals surface area contributed by atoms with Gasteiger partial charge in [0.25, 0.3) is 0 Å². The fraction of sp³-hybridized carbons (Fsp3) is 0.350. The number of alkyl carbamates (subject to hydrolysis) is 1. The summed E-state index contributed by atoms with van der Waals surface area (Å²) in [5, 5.41) is 2.87. The second kappa shape index (κ2) is 10.4. The van der Waals surface area contributed by atoms with E-state index in [4.69, 9.17) is 27.9 Å². The molecule has 13 heteroatoms. The fourth-order valence-electron chi connectivity index (χ4n) is 2.53. The number of hydrogen-bond donors (Lipinski definition) is 2. The Balaban J connectivity index is 2.26. The average Bonchev–Trinajstić information content (AvgIpc) is 2.65. The zero-order valence-corrected chi connectivity index (χ0v) is 20.0. The summed E-state index contributed by atoms with van der Waals surface area (Å²) in [5.74, 6) is -0.575. The van der Waals surface area contributed by atoms with Crippen LogP contribution >= 0.6 is 23.2 Å². The van der Waals surface area contributed by atoms with E-state index in [2.05, 4.69) is 14.8 Å². The van der Waals surface area contributed by atoms with Crippen LogP contribution in [0.15, 0.2) is 47.4 Å². The molecule has 0 spiro atoms. The summed E-state index contributed by atoms with van der Waals surface area (Å²) in [6, 6.07) is 7.03. The minimum atomic E-state index is -4.91.